The molecule has 0 radical (unpaired) electrons. The molecular formula is C13H19N5S. The first kappa shape index (κ1) is 12.6. The number of nitrogens with zero attached hydrogens (tertiary/aromatic N) is 4. The number of hydrogen-bond acceptors (Lipinski definition) is 6. The third-order valence-electron chi connectivity index (χ3n) is 3.44. The second-order valence-corrected chi connectivity index (χ2v) is 5.73. The van der Waals surface area contributed by atoms with Crippen LogP contribution in [0.2, 0.25) is 0 Å². The number of hydrogen-bond donors (Lipinski definition) is 1. The molecule has 3 rings (SSSR count). The lowest BCUT2D eigenvalue weighted by Gasteiger charge is -2.33. The zero-order valence-electron chi connectivity index (χ0n) is 11.4. The Kier molecular flexibility index (Phi) is 3.52. The molecule has 19 heavy (non-hydrogen) atoms. The fraction of sp³-hybridized carbons (Fsp3) is 0.538. The molecule has 0 aliphatic carbocycles. The van der Waals surface area contributed by atoms with E-state index < -0.39 is 0 Å². The van der Waals surface area contributed by atoms with Crippen molar-refractivity contribution in [1.82, 2.24) is 14.9 Å². The lowest BCUT2D eigenvalue weighted by atomic mass is 10.3. The van der Waals surface area contributed by atoms with Gasteiger partial charge in [0.05, 0.1) is 5.39 Å². The molecule has 0 spiro atoms. The fourth-order valence-electron chi connectivity index (χ4n) is 2.34. The van der Waals surface area contributed by atoms with Crippen molar-refractivity contribution >= 4 is 33.3 Å². The van der Waals surface area contributed by atoms with Crippen LogP contribution in [-0.2, 0) is 0 Å². The summed E-state index contributed by atoms with van der Waals surface area (Å²) in [5, 5.41) is 6.49. The molecule has 6 heteroatoms. The summed E-state index contributed by atoms with van der Waals surface area (Å²) in [6.45, 7) is 7.16. The molecule has 2 aromatic rings. The van der Waals surface area contributed by atoms with Crippen LogP contribution in [0.5, 0.6) is 0 Å². The largest absolute Gasteiger partial charge is 0.354 e. The third-order valence-corrected chi connectivity index (χ3v) is 4.25. The molecule has 1 fully saturated rings. The van der Waals surface area contributed by atoms with Crippen molar-refractivity contribution in [2.75, 3.05) is 50.0 Å². The summed E-state index contributed by atoms with van der Waals surface area (Å²) in [6, 6.07) is 2.13. The summed E-state index contributed by atoms with van der Waals surface area (Å²) in [5.74, 6) is 1.82. The maximum Gasteiger partial charge on any atom is 0.226 e. The summed E-state index contributed by atoms with van der Waals surface area (Å²) in [5.41, 5.74) is 0. The minimum absolute atomic E-state index is 0.742. The number of piperazine rings is 1. The summed E-state index contributed by atoms with van der Waals surface area (Å²) in [4.78, 5) is 15.1. The first-order valence-corrected chi connectivity index (χ1v) is 7.58. The Balaban J connectivity index is 1.98. The van der Waals surface area contributed by atoms with Gasteiger partial charge in [-0.05, 0) is 25.4 Å². The van der Waals surface area contributed by atoms with Crippen molar-refractivity contribution in [1.29, 1.82) is 0 Å². The van der Waals surface area contributed by atoms with Gasteiger partial charge in [-0.15, -0.1) is 11.3 Å². The Morgan fingerprint density at radius 1 is 1.26 bits per heavy atom. The topological polar surface area (TPSA) is 44.3 Å². The van der Waals surface area contributed by atoms with Gasteiger partial charge < -0.3 is 15.1 Å². The first-order valence-electron chi connectivity index (χ1n) is 6.70. The van der Waals surface area contributed by atoms with E-state index in [9.17, 15) is 0 Å². The molecule has 0 aromatic carbocycles. The average Bonchev–Trinajstić information content (AvgIpc) is 2.87. The van der Waals surface area contributed by atoms with E-state index in [1.165, 1.54) is 5.39 Å². The molecule has 2 aromatic heterocycles. The third kappa shape index (κ3) is 2.50. The SMILES string of the molecule is CCNc1nc(N2CCN(C)CC2)c2ccsc2n1. The smallest absolute Gasteiger partial charge is 0.226 e. The first-order chi connectivity index (χ1) is 9.28. The minimum Gasteiger partial charge on any atom is -0.354 e. The Labute approximate surface area is 117 Å². The quantitative estimate of drug-likeness (QED) is 0.928. The highest BCUT2D eigenvalue weighted by molar-refractivity contribution is 7.16. The summed E-state index contributed by atoms with van der Waals surface area (Å²) >= 11 is 1.68. The molecule has 1 N–H and O–H groups in total. The van der Waals surface area contributed by atoms with E-state index in [2.05, 4.69) is 45.5 Å². The van der Waals surface area contributed by atoms with E-state index >= 15 is 0 Å². The van der Waals surface area contributed by atoms with Gasteiger partial charge in [0, 0.05) is 32.7 Å². The second-order valence-electron chi connectivity index (χ2n) is 4.83. The van der Waals surface area contributed by atoms with Crippen molar-refractivity contribution < 1.29 is 0 Å². The van der Waals surface area contributed by atoms with Gasteiger partial charge in [0.1, 0.15) is 10.6 Å². The molecule has 0 amide bonds. The molecule has 3 heterocycles. The molecule has 1 aliphatic rings. The molecule has 0 atom stereocenters. The Morgan fingerprint density at radius 3 is 2.79 bits per heavy atom. The van der Waals surface area contributed by atoms with E-state index in [0.717, 1.165) is 49.3 Å². The monoisotopic (exact) mass is 277 g/mol. The summed E-state index contributed by atoms with van der Waals surface area (Å²) in [7, 11) is 2.17. The Bertz CT molecular complexity index is 559. The van der Waals surface area contributed by atoms with Crippen LogP contribution in [0.25, 0.3) is 10.2 Å². The fourth-order valence-corrected chi connectivity index (χ4v) is 3.09. The van der Waals surface area contributed by atoms with Gasteiger partial charge >= 0.3 is 0 Å². The van der Waals surface area contributed by atoms with Gasteiger partial charge in [-0.2, -0.15) is 4.98 Å². The van der Waals surface area contributed by atoms with E-state index in [-0.39, 0.29) is 0 Å². The number of fused-ring (bicyclic) bond motifs is 1. The van der Waals surface area contributed by atoms with Crippen LogP contribution < -0.4 is 10.2 Å². The van der Waals surface area contributed by atoms with Crippen molar-refractivity contribution in [3.63, 3.8) is 0 Å². The van der Waals surface area contributed by atoms with E-state index in [1.807, 2.05) is 0 Å². The van der Waals surface area contributed by atoms with Crippen LogP contribution in [0.1, 0.15) is 6.92 Å². The lowest BCUT2D eigenvalue weighted by Crippen LogP contribution is -2.44. The van der Waals surface area contributed by atoms with Crippen molar-refractivity contribution in [2.24, 2.45) is 0 Å². The highest BCUT2D eigenvalue weighted by atomic mass is 32.1. The molecule has 0 bridgehead atoms. The number of anilines is 2. The highest BCUT2D eigenvalue weighted by Gasteiger charge is 2.19. The van der Waals surface area contributed by atoms with Gasteiger partial charge in [0.2, 0.25) is 5.95 Å². The zero-order chi connectivity index (χ0) is 13.2. The van der Waals surface area contributed by atoms with E-state index in [0.29, 0.717) is 0 Å². The molecule has 1 aliphatic heterocycles. The number of likely N-dealkylation sites (N-methyl/N-ethyl adjacent to an activating group) is 1. The lowest BCUT2D eigenvalue weighted by molar-refractivity contribution is 0.312. The van der Waals surface area contributed by atoms with Crippen LogP contribution >= 0.6 is 11.3 Å². The molecular weight excluding hydrogens is 258 g/mol. The minimum atomic E-state index is 0.742. The van der Waals surface area contributed by atoms with Gasteiger partial charge in [-0.25, -0.2) is 4.98 Å². The molecule has 0 unspecified atom stereocenters. The van der Waals surface area contributed by atoms with Gasteiger partial charge in [-0.1, -0.05) is 0 Å². The Hall–Kier alpha value is -1.40. The predicted molar refractivity (Wildman–Crippen MR) is 81.3 cm³/mol. The number of rotatable bonds is 3. The van der Waals surface area contributed by atoms with Crippen LogP contribution in [0, 0.1) is 0 Å². The maximum absolute atomic E-state index is 4.70. The highest BCUT2D eigenvalue weighted by Crippen LogP contribution is 2.29. The maximum atomic E-state index is 4.70. The molecule has 1 saturated heterocycles. The van der Waals surface area contributed by atoms with E-state index in [1.54, 1.807) is 11.3 Å². The van der Waals surface area contributed by atoms with Gasteiger partial charge in [-0.3, -0.25) is 0 Å². The predicted octanol–water partition coefficient (Wildman–Crippen LogP) is 1.87. The molecule has 102 valence electrons. The van der Waals surface area contributed by atoms with Gasteiger partial charge in [0.25, 0.3) is 0 Å². The van der Waals surface area contributed by atoms with Crippen molar-refractivity contribution in [3.8, 4) is 0 Å². The average molecular weight is 277 g/mol. The van der Waals surface area contributed by atoms with Crippen LogP contribution in [0.15, 0.2) is 11.4 Å². The summed E-state index contributed by atoms with van der Waals surface area (Å²) < 4.78 is 0. The molecule has 5 nitrogen and oxygen atoms in total. The zero-order valence-corrected chi connectivity index (χ0v) is 12.2. The molecule has 0 saturated carbocycles. The normalized spacial score (nSPS) is 17.1. The Morgan fingerprint density at radius 2 is 2.05 bits per heavy atom. The second kappa shape index (κ2) is 5.30. The van der Waals surface area contributed by atoms with Crippen LogP contribution in [-0.4, -0.2) is 54.6 Å². The number of aromatic nitrogens is 2. The van der Waals surface area contributed by atoms with Crippen LogP contribution in [0.4, 0.5) is 11.8 Å². The van der Waals surface area contributed by atoms with E-state index in [4.69, 9.17) is 4.98 Å². The van der Waals surface area contributed by atoms with Crippen LogP contribution in [0.3, 0.4) is 0 Å². The van der Waals surface area contributed by atoms with Crippen molar-refractivity contribution in [2.45, 2.75) is 6.92 Å². The number of thiophene rings is 1. The summed E-state index contributed by atoms with van der Waals surface area (Å²) in [6.07, 6.45) is 0. The number of nitrogens with one attached hydrogen (secondary N) is 1. The van der Waals surface area contributed by atoms with Crippen molar-refractivity contribution in [3.05, 3.63) is 11.4 Å². The van der Waals surface area contributed by atoms with Gasteiger partial charge in [0.15, 0.2) is 0 Å². The standard InChI is InChI=1S/C13H19N5S/c1-3-14-13-15-11(10-4-9-19-12(10)16-13)18-7-5-17(2)6-8-18/h4,9H,3,5-8H2,1-2H3,(H,14,15,16).